The Kier molecular flexibility index (Phi) is 5.41. The molecule has 0 bridgehead atoms. The van der Waals surface area contributed by atoms with Gasteiger partial charge in [-0.2, -0.15) is 0 Å². The summed E-state index contributed by atoms with van der Waals surface area (Å²) in [6.45, 7) is 8.40. The van der Waals surface area contributed by atoms with Crippen LogP contribution >= 0.6 is 0 Å². The molecule has 0 spiro atoms. The Bertz CT molecular complexity index is 503. The second kappa shape index (κ2) is 6.65. The summed E-state index contributed by atoms with van der Waals surface area (Å²) in [7, 11) is 0. The van der Waals surface area contributed by atoms with Gasteiger partial charge in [-0.25, -0.2) is 0 Å². The van der Waals surface area contributed by atoms with Crippen LogP contribution in [0.3, 0.4) is 0 Å². The Morgan fingerprint density at radius 1 is 1.05 bits per heavy atom. The van der Waals surface area contributed by atoms with Gasteiger partial charge in [0.15, 0.2) is 0 Å². The highest BCUT2D eigenvalue weighted by atomic mass is 16.6. The van der Waals surface area contributed by atoms with E-state index in [0.717, 1.165) is 25.3 Å². The molecule has 116 valence electrons. The number of non-ortho nitro benzene ring substituents is 2. The van der Waals surface area contributed by atoms with E-state index < -0.39 is 9.85 Å². The highest BCUT2D eigenvalue weighted by Gasteiger charge is 2.22. The smallest absolute Gasteiger partial charge is 0.258 e. The summed E-state index contributed by atoms with van der Waals surface area (Å²) >= 11 is 0. The molecule has 0 N–H and O–H groups in total. The second-order valence-corrected chi connectivity index (χ2v) is 6.50. The van der Waals surface area contributed by atoms with Crippen LogP contribution in [0.5, 0.6) is 0 Å². The molecule has 0 aliphatic heterocycles. The largest absolute Gasteiger partial charge is 0.276 e. The third-order valence-electron chi connectivity index (χ3n) is 3.55. The fourth-order valence-corrected chi connectivity index (χ4v) is 2.28. The molecule has 0 aromatic heterocycles. The Labute approximate surface area is 124 Å². The molecule has 0 radical (unpaired) electrons. The fourth-order valence-electron chi connectivity index (χ4n) is 2.28. The lowest BCUT2D eigenvalue weighted by atomic mass is 9.83. The van der Waals surface area contributed by atoms with Gasteiger partial charge in [0.2, 0.25) is 0 Å². The Morgan fingerprint density at radius 3 is 1.86 bits per heavy atom. The highest BCUT2D eigenvalue weighted by molar-refractivity contribution is 5.47. The minimum absolute atomic E-state index is 0.0998. The van der Waals surface area contributed by atoms with Crippen LogP contribution in [-0.2, 0) is 0 Å². The van der Waals surface area contributed by atoms with Gasteiger partial charge in [-0.3, -0.25) is 20.2 Å². The number of nitro groups is 2. The van der Waals surface area contributed by atoms with Crippen LogP contribution in [-0.4, -0.2) is 9.85 Å². The van der Waals surface area contributed by atoms with Crippen molar-refractivity contribution in [1.82, 2.24) is 0 Å². The van der Waals surface area contributed by atoms with Crippen LogP contribution in [0, 0.1) is 25.6 Å². The van der Waals surface area contributed by atoms with E-state index in [2.05, 4.69) is 20.8 Å². The average molecular weight is 294 g/mol. The Morgan fingerprint density at radius 2 is 1.52 bits per heavy atom. The zero-order valence-corrected chi connectivity index (χ0v) is 13.0. The summed E-state index contributed by atoms with van der Waals surface area (Å²) in [4.78, 5) is 20.7. The molecule has 0 aliphatic carbocycles. The molecule has 0 saturated carbocycles. The third-order valence-corrected chi connectivity index (χ3v) is 3.55. The van der Waals surface area contributed by atoms with Crippen molar-refractivity contribution >= 4 is 11.4 Å². The number of hydrogen-bond donors (Lipinski definition) is 0. The molecule has 6 nitrogen and oxygen atoms in total. The van der Waals surface area contributed by atoms with Crippen LogP contribution < -0.4 is 0 Å². The molecule has 1 aromatic rings. The molecule has 0 saturated heterocycles. The van der Waals surface area contributed by atoms with Gasteiger partial charge in [0, 0.05) is 12.1 Å². The molecule has 1 atom stereocenters. The molecule has 0 aliphatic rings. The summed E-state index contributed by atoms with van der Waals surface area (Å²) in [5.74, 6) is 0.0998. The topological polar surface area (TPSA) is 86.3 Å². The maximum absolute atomic E-state index is 10.9. The predicted molar refractivity (Wildman–Crippen MR) is 81.5 cm³/mol. The van der Waals surface area contributed by atoms with Crippen LogP contribution in [0.15, 0.2) is 18.2 Å². The van der Waals surface area contributed by atoms with Gasteiger partial charge in [-0.15, -0.1) is 0 Å². The van der Waals surface area contributed by atoms with E-state index in [9.17, 15) is 20.2 Å². The lowest BCUT2D eigenvalue weighted by Gasteiger charge is -2.22. The molecule has 1 aromatic carbocycles. The van der Waals surface area contributed by atoms with Crippen molar-refractivity contribution in [2.24, 2.45) is 5.41 Å². The minimum Gasteiger partial charge on any atom is -0.258 e. The SMILES string of the molecule is CCC(CCC(C)(C)C)c1cc([N+](=O)[O-])cc([N+](=O)[O-])c1. The number of nitrogens with zero attached hydrogens (tertiary/aromatic N) is 2. The van der Waals surface area contributed by atoms with Crippen molar-refractivity contribution in [1.29, 1.82) is 0 Å². The van der Waals surface area contributed by atoms with E-state index in [1.807, 2.05) is 6.92 Å². The number of benzene rings is 1. The molecule has 0 heterocycles. The summed E-state index contributed by atoms with van der Waals surface area (Å²) in [5, 5.41) is 21.9. The summed E-state index contributed by atoms with van der Waals surface area (Å²) in [6.07, 6.45) is 2.62. The standard InChI is InChI=1S/C15H22N2O4/c1-5-11(6-7-15(2,3)4)12-8-13(16(18)19)10-14(9-12)17(20)21/h8-11H,5-7H2,1-4H3. The maximum Gasteiger partial charge on any atom is 0.276 e. The van der Waals surface area contributed by atoms with Gasteiger partial charge in [0.1, 0.15) is 0 Å². The molecule has 1 rings (SSSR count). The average Bonchev–Trinajstić information content (AvgIpc) is 2.37. The first-order valence-electron chi connectivity index (χ1n) is 7.08. The van der Waals surface area contributed by atoms with Crippen LogP contribution in [0.2, 0.25) is 0 Å². The van der Waals surface area contributed by atoms with Crippen LogP contribution in [0.25, 0.3) is 0 Å². The predicted octanol–water partition coefficient (Wildman–Crippen LogP) is 4.82. The molecule has 21 heavy (non-hydrogen) atoms. The Balaban J connectivity index is 3.13. The molecular formula is C15H22N2O4. The van der Waals surface area contributed by atoms with Crippen molar-refractivity contribution in [2.75, 3.05) is 0 Å². The minimum atomic E-state index is -0.576. The van der Waals surface area contributed by atoms with Gasteiger partial charge < -0.3 is 0 Å². The van der Waals surface area contributed by atoms with E-state index in [4.69, 9.17) is 0 Å². The fraction of sp³-hybridized carbons (Fsp3) is 0.600. The van der Waals surface area contributed by atoms with Gasteiger partial charge in [0.25, 0.3) is 11.4 Å². The van der Waals surface area contributed by atoms with Crippen molar-refractivity contribution in [3.63, 3.8) is 0 Å². The van der Waals surface area contributed by atoms with E-state index >= 15 is 0 Å². The first kappa shape index (κ1) is 17.1. The summed E-state index contributed by atoms with van der Waals surface area (Å²) in [6, 6.07) is 3.94. The van der Waals surface area contributed by atoms with Gasteiger partial charge >= 0.3 is 0 Å². The van der Waals surface area contributed by atoms with Crippen LogP contribution in [0.4, 0.5) is 11.4 Å². The zero-order chi connectivity index (χ0) is 16.2. The van der Waals surface area contributed by atoms with E-state index in [0.29, 0.717) is 5.56 Å². The molecular weight excluding hydrogens is 272 g/mol. The van der Waals surface area contributed by atoms with Gasteiger partial charge in [-0.1, -0.05) is 27.7 Å². The van der Waals surface area contributed by atoms with Gasteiger partial charge in [-0.05, 0) is 36.2 Å². The van der Waals surface area contributed by atoms with Crippen molar-refractivity contribution in [3.05, 3.63) is 44.0 Å². The normalized spacial score (nSPS) is 13.0. The molecule has 6 heteroatoms. The second-order valence-electron chi connectivity index (χ2n) is 6.50. The number of hydrogen-bond acceptors (Lipinski definition) is 4. The molecule has 0 fully saturated rings. The van der Waals surface area contributed by atoms with Gasteiger partial charge in [0.05, 0.1) is 15.9 Å². The zero-order valence-electron chi connectivity index (χ0n) is 13.0. The first-order valence-corrected chi connectivity index (χ1v) is 7.08. The first-order chi connectivity index (χ1) is 9.64. The molecule has 1 unspecified atom stereocenters. The molecule has 0 amide bonds. The van der Waals surface area contributed by atoms with Crippen molar-refractivity contribution in [3.8, 4) is 0 Å². The van der Waals surface area contributed by atoms with Crippen molar-refractivity contribution < 1.29 is 9.85 Å². The lowest BCUT2D eigenvalue weighted by molar-refractivity contribution is -0.394. The van der Waals surface area contributed by atoms with Crippen molar-refractivity contribution in [2.45, 2.75) is 52.9 Å². The lowest BCUT2D eigenvalue weighted by Crippen LogP contribution is -2.08. The highest BCUT2D eigenvalue weighted by Crippen LogP contribution is 2.34. The summed E-state index contributed by atoms with van der Waals surface area (Å²) < 4.78 is 0. The van der Waals surface area contributed by atoms with E-state index in [-0.39, 0.29) is 22.7 Å². The quantitative estimate of drug-likeness (QED) is 0.555. The van der Waals surface area contributed by atoms with E-state index in [1.54, 1.807) is 0 Å². The monoisotopic (exact) mass is 294 g/mol. The third kappa shape index (κ3) is 5.13. The Hall–Kier alpha value is -1.98. The number of nitro benzene ring substituents is 2. The number of rotatable bonds is 6. The summed E-state index contributed by atoms with van der Waals surface area (Å²) in [5.41, 5.74) is 0.421. The maximum atomic E-state index is 10.9. The van der Waals surface area contributed by atoms with E-state index in [1.165, 1.54) is 12.1 Å². The van der Waals surface area contributed by atoms with Crippen LogP contribution in [0.1, 0.15) is 58.4 Å².